The molecule has 0 saturated carbocycles. The predicted octanol–water partition coefficient (Wildman–Crippen LogP) is 4.47. The lowest BCUT2D eigenvalue weighted by Gasteiger charge is -2.31. The average Bonchev–Trinajstić information content (AvgIpc) is 2.83. The number of carbonyl (C=O) groups excluding carboxylic acids is 1. The molecule has 0 spiro atoms. The number of ether oxygens (including phenoxy) is 1. The van der Waals surface area contributed by atoms with Crippen LogP contribution in [-0.2, 0) is 10.0 Å². The van der Waals surface area contributed by atoms with Crippen molar-refractivity contribution in [3.63, 3.8) is 0 Å². The molecule has 7 nitrogen and oxygen atoms in total. The van der Waals surface area contributed by atoms with Gasteiger partial charge in [0, 0.05) is 24.7 Å². The van der Waals surface area contributed by atoms with Crippen LogP contribution in [0.3, 0.4) is 0 Å². The van der Waals surface area contributed by atoms with Crippen LogP contribution in [0.2, 0.25) is 10.0 Å². The summed E-state index contributed by atoms with van der Waals surface area (Å²) in [6.07, 6.45) is 3.00. The Labute approximate surface area is 218 Å². The molecule has 2 N–H and O–H groups in total. The van der Waals surface area contributed by atoms with Crippen LogP contribution in [0.15, 0.2) is 45.8 Å². The van der Waals surface area contributed by atoms with E-state index in [1.54, 1.807) is 30.3 Å². The fourth-order valence-electron chi connectivity index (χ4n) is 4.13. The molecule has 0 bridgehead atoms. The van der Waals surface area contributed by atoms with E-state index < -0.39 is 10.0 Å². The van der Waals surface area contributed by atoms with Crippen LogP contribution in [0.1, 0.15) is 36.0 Å². The molecule has 0 aliphatic carbocycles. The van der Waals surface area contributed by atoms with Gasteiger partial charge in [0.2, 0.25) is 10.0 Å². The molecule has 0 aromatic heterocycles. The summed E-state index contributed by atoms with van der Waals surface area (Å²) in [5, 5.41) is 6.95. The molecule has 0 radical (unpaired) electrons. The van der Waals surface area contributed by atoms with E-state index in [0.717, 1.165) is 25.9 Å². The Morgan fingerprint density at radius 3 is 2.38 bits per heavy atom. The second-order valence-corrected chi connectivity index (χ2v) is 12.0. The van der Waals surface area contributed by atoms with E-state index >= 15 is 0 Å². The molecule has 2 aromatic carbocycles. The van der Waals surface area contributed by atoms with Crippen LogP contribution in [0.5, 0.6) is 5.75 Å². The maximum Gasteiger partial charge on any atom is 0.251 e. The smallest absolute Gasteiger partial charge is 0.251 e. The molecule has 184 valence electrons. The van der Waals surface area contributed by atoms with Crippen molar-refractivity contribution in [1.29, 1.82) is 0 Å². The largest absolute Gasteiger partial charge is 0.489 e. The maximum absolute atomic E-state index is 13.2. The number of amides is 1. The molecule has 2 aliphatic heterocycles. The van der Waals surface area contributed by atoms with Crippen LogP contribution in [0, 0.1) is 0 Å². The zero-order chi connectivity index (χ0) is 24.3. The topological polar surface area (TPSA) is 87.7 Å². The summed E-state index contributed by atoms with van der Waals surface area (Å²) in [4.78, 5) is 12.7. The number of hydrogen-bond donors (Lipinski definition) is 2. The lowest BCUT2D eigenvalue weighted by molar-refractivity contribution is 0.0924. The van der Waals surface area contributed by atoms with Crippen molar-refractivity contribution in [3.8, 4) is 5.75 Å². The molecule has 0 unspecified atom stereocenters. The summed E-state index contributed by atoms with van der Waals surface area (Å²) < 4.78 is 34.5. The zero-order valence-corrected chi connectivity index (χ0v) is 22.3. The highest BCUT2D eigenvalue weighted by atomic mass is 79.9. The third-order valence-electron chi connectivity index (χ3n) is 6.09. The molecule has 11 heteroatoms. The van der Waals surface area contributed by atoms with Gasteiger partial charge in [0.1, 0.15) is 11.9 Å². The Bertz CT molecular complexity index is 1150. The maximum atomic E-state index is 13.2. The van der Waals surface area contributed by atoms with E-state index in [2.05, 4.69) is 26.6 Å². The molecule has 4 rings (SSSR count). The van der Waals surface area contributed by atoms with Crippen molar-refractivity contribution in [2.75, 3.05) is 26.2 Å². The third-order valence-corrected chi connectivity index (χ3v) is 9.35. The quantitative estimate of drug-likeness (QED) is 0.518. The fourth-order valence-corrected chi connectivity index (χ4v) is 6.54. The second-order valence-electron chi connectivity index (χ2n) is 8.44. The summed E-state index contributed by atoms with van der Waals surface area (Å²) in [6.45, 7) is 2.47. The van der Waals surface area contributed by atoms with Gasteiger partial charge < -0.3 is 15.4 Å². The van der Waals surface area contributed by atoms with Crippen molar-refractivity contribution >= 4 is 55.1 Å². The molecule has 1 amide bonds. The zero-order valence-electron chi connectivity index (χ0n) is 18.4. The molecule has 0 atom stereocenters. The fraction of sp³-hybridized carbons (Fsp3) is 0.435. The summed E-state index contributed by atoms with van der Waals surface area (Å²) in [5.74, 6) is 0.391. The monoisotopic (exact) mass is 589 g/mol. The predicted molar refractivity (Wildman–Crippen MR) is 136 cm³/mol. The Kier molecular flexibility index (Phi) is 8.43. The highest BCUT2D eigenvalue weighted by molar-refractivity contribution is 9.10. The summed E-state index contributed by atoms with van der Waals surface area (Å²) in [7, 11) is -3.66. The Morgan fingerprint density at radius 1 is 1.03 bits per heavy atom. The normalized spacial score (nSPS) is 18.6. The summed E-state index contributed by atoms with van der Waals surface area (Å²) >= 11 is 15.4. The minimum Gasteiger partial charge on any atom is -0.489 e. The minimum absolute atomic E-state index is 0.123. The Balaban J connectivity index is 1.35. The van der Waals surface area contributed by atoms with E-state index in [9.17, 15) is 13.2 Å². The van der Waals surface area contributed by atoms with Crippen LogP contribution in [0.25, 0.3) is 0 Å². The van der Waals surface area contributed by atoms with Crippen LogP contribution >= 0.6 is 39.1 Å². The van der Waals surface area contributed by atoms with Crippen molar-refractivity contribution in [2.24, 2.45) is 0 Å². The van der Waals surface area contributed by atoms with Gasteiger partial charge in [-0.15, -0.1) is 0 Å². The SMILES string of the molecule is O=C(NC1CCN(S(=O)(=O)c2ccc(OC3CCNCC3)c(Br)c2)CC1)c1ccc(Cl)c(Cl)c1. The van der Waals surface area contributed by atoms with E-state index in [0.29, 0.717) is 51.8 Å². The lowest BCUT2D eigenvalue weighted by Crippen LogP contribution is -2.46. The number of nitrogens with one attached hydrogen (secondary N) is 2. The van der Waals surface area contributed by atoms with Gasteiger partial charge in [-0.1, -0.05) is 23.2 Å². The number of benzene rings is 2. The highest BCUT2D eigenvalue weighted by Gasteiger charge is 2.31. The van der Waals surface area contributed by atoms with Gasteiger partial charge in [0.25, 0.3) is 5.91 Å². The van der Waals surface area contributed by atoms with Crippen LogP contribution in [-0.4, -0.2) is 57.0 Å². The highest BCUT2D eigenvalue weighted by Crippen LogP contribution is 2.31. The molecule has 2 heterocycles. The molecule has 2 aliphatic rings. The number of halogens is 3. The van der Waals surface area contributed by atoms with Crippen LogP contribution < -0.4 is 15.4 Å². The van der Waals surface area contributed by atoms with Crippen molar-refractivity contribution < 1.29 is 17.9 Å². The van der Waals surface area contributed by atoms with Gasteiger partial charge in [-0.2, -0.15) is 4.31 Å². The number of nitrogens with zero attached hydrogens (tertiary/aromatic N) is 1. The van der Waals surface area contributed by atoms with Gasteiger partial charge in [0.15, 0.2) is 0 Å². The van der Waals surface area contributed by atoms with Gasteiger partial charge in [-0.05, 0) is 91.1 Å². The van der Waals surface area contributed by atoms with E-state index in [-0.39, 0.29) is 22.9 Å². The molecular weight excluding hydrogens is 565 g/mol. The molecule has 34 heavy (non-hydrogen) atoms. The van der Waals surface area contributed by atoms with Gasteiger partial charge in [-0.25, -0.2) is 8.42 Å². The van der Waals surface area contributed by atoms with Crippen molar-refractivity contribution in [3.05, 3.63) is 56.5 Å². The Morgan fingerprint density at radius 2 is 1.74 bits per heavy atom. The molecule has 2 aromatic rings. The van der Waals surface area contributed by atoms with Gasteiger partial charge in [0.05, 0.1) is 19.4 Å². The Hall–Kier alpha value is -1.36. The number of piperidine rings is 2. The first-order chi connectivity index (χ1) is 16.2. The van der Waals surface area contributed by atoms with E-state index in [1.165, 1.54) is 10.4 Å². The van der Waals surface area contributed by atoms with E-state index in [4.69, 9.17) is 27.9 Å². The van der Waals surface area contributed by atoms with E-state index in [1.807, 2.05) is 0 Å². The summed E-state index contributed by atoms with van der Waals surface area (Å²) in [5.41, 5.74) is 0.418. The van der Waals surface area contributed by atoms with Crippen molar-refractivity contribution in [2.45, 2.75) is 42.7 Å². The first kappa shape index (κ1) is 25.7. The van der Waals surface area contributed by atoms with Gasteiger partial charge >= 0.3 is 0 Å². The number of hydrogen-bond acceptors (Lipinski definition) is 5. The van der Waals surface area contributed by atoms with Crippen LogP contribution in [0.4, 0.5) is 0 Å². The first-order valence-electron chi connectivity index (χ1n) is 11.2. The number of sulfonamides is 1. The molecule has 2 fully saturated rings. The average molecular weight is 591 g/mol. The summed E-state index contributed by atoms with van der Waals surface area (Å²) in [6, 6.07) is 9.49. The lowest BCUT2D eigenvalue weighted by atomic mass is 10.1. The minimum atomic E-state index is -3.66. The first-order valence-corrected chi connectivity index (χ1v) is 14.2. The molecule has 2 saturated heterocycles. The number of rotatable bonds is 6. The molecular formula is C23H26BrCl2N3O4S. The second kappa shape index (κ2) is 11.1. The van der Waals surface area contributed by atoms with Crippen molar-refractivity contribution in [1.82, 2.24) is 14.9 Å². The number of carbonyl (C=O) groups is 1. The standard InChI is InChI=1S/C23H26BrCl2N3O4S/c24-19-14-18(2-4-22(19)33-17-5-9-27-10-6-17)34(31,32)29-11-7-16(8-12-29)28-23(30)15-1-3-20(25)21(26)13-15/h1-4,13-14,16-17,27H,5-12H2,(H,28,30). The van der Waals surface area contributed by atoms with Gasteiger partial charge in [-0.3, -0.25) is 4.79 Å². The third kappa shape index (κ3) is 6.06.